The Morgan fingerprint density at radius 1 is 1.41 bits per heavy atom. The maximum Gasteiger partial charge on any atom is 0.229 e. The molecule has 0 amide bonds. The van der Waals surface area contributed by atoms with Crippen LogP contribution in [0.1, 0.15) is 26.0 Å². The summed E-state index contributed by atoms with van der Waals surface area (Å²) in [5.41, 5.74) is 1.21. The standard InChI is InChI=1S/C14H19ClFN5O/c1-7(2)21-5-4-10(9(16)6-21)22-13-11-8(3)19-20-12(11)17-14(15)18-13/h7,9-10H,4-6H2,1-3H3,(H,17,18,19,20)/t9-,10+/m0/s1. The SMILES string of the molecule is Cc1n[nH]c2nc(Cl)nc(O[C@@H]3CCN(C(C)C)C[C@@H]3F)c12. The minimum atomic E-state index is -1.06. The Morgan fingerprint density at radius 2 is 2.18 bits per heavy atom. The van der Waals surface area contributed by atoms with Crippen LogP contribution >= 0.6 is 11.6 Å². The van der Waals surface area contributed by atoms with Gasteiger partial charge in [-0.25, -0.2) is 4.39 Å². The van der Waals surface area contributed by atoms with Crippen LogP contribution in [0.4, 0.5) is 4.39 Å². The van der Waals surface area contributed by atoms with Crippen molar-refractivity contribution in [2.24, 2.45) is 0 Å². The fourth-order valence-electron chi connectivity index (χ4n) is 2.75. The fraction of sp³-hybridized carbons (Fsp3) is 0.643. The molecule has 1 fully saturated rings. The number of rotatable bonds is 3. The molecule has 0 radical (unpaired) electrons. The van der Waals surface area contributed by atoms with E-state index >= 15 is 0 Å². The van der Waals surface area contributed by atoms with E-state index in [0.717, 1.165) is 6.54 Å². The Hall–Kier alpha value is -1.47. The summed E-state index contributed by atoms with van der Waals surface area (Å²) in [6, 6.07) is 0.329. The number of ether oxygens (including phenoxy) is 1. The first-order chi connectivity index (χ1) is 10.5. The average Bonchev–Trinajstić information content (AvgIpc) is 2.82. The molecule has 22 heavy (non-hydrogen) atoms. The lowest BCUT2D eigenvalue weighted by atomic mass is 10.0. The number of H-pyrrole nitrogens is 1. The minimum absolute atomic E-state index is 0.0566. The van der Waals surface area contributed by atoms with Crippen LogP contribution < -0.4 is 4.74 Å². The number of hydrogen-bond acceptors (Lipinski definition) is 5. The number of aromatic amines is 1. The molecule has 3 rings (SSSR count). The van der Waals surface area contributed by atoms with Gasteiger partial charge < -0.3 is 4.74 Å². The van der Waals surface area contributed by atoms with Crippen LogP contribution in [-0.4, -0.2) is 56.5 Å². The van der Waals surface area contributed by atoms with Crippen molar-refractivity contribution in [3.05, 3.63) is 11.0 Å². The fourth-order valence-corrected chi connectivity index (χ4v) is 2.91. The third kappa shape index (κ3) is 2.87. The van der Waals surface area contributed by atoms with Crippen molar-refractivity contribution in [1.29, 1.82) is 0 Å². The minimum Gasteiger partial charge on any atom is -0.471 e. The van der Waals surface area contributed by atoms with E-state index in [4.69, 9.17) is 16.3 Å². The molecule has 2 aromatic rings. The highest BCUT2D eigenvalue weighted by Gasteiger charge is 2.32. The molecule has 3 heterocycles. The highest BCUT2D eigenvalue weighted by Crippen LogP contribution is 2.29. The van der Waals surface area contributed by atoms with Crippen molar-refractivity contribution in [1.82, 2.24) is 25.1 Å². The van der Waals surface area contributed by atoms with Gasteiger partial charge in [-0.1, -0.05) is 0 Å². The molecule has 2 aromatic heterocycles. The molecule has 8 heteroatoms. The van der Waals surface area contributed by atoms with Gasteiger partial charge in [0.05, 0.1) is 5.69 Å². The monoisotopic (exact) mass is 327 g/mol. The molecule has 6 nitrogen and oxygen atoms in total. The van der Waals surface area contributed by atoms with Crippen LogP contribution in [0.15, 0.2) is 0 Å². The van der Waals surface area contributed by atoms with Crippen LogP contribution in [0, 0.1) is 6.92 Å². The molecular weight excluding hydrogens is 309 g/mol. The summed E-state index contributed by atoms with van der Waals surface area (Å²) in [5, 5.41) is 7.56. The number of piperidine rings is 1. The molecule has 2 atom stereocenters. The van der Waals surface area contributed by atoms with Gasteiger partial charge >= 0.3 is 0 Å². The zero-order valence-electron chi connectivity index (χ0n) is 12.8. The molecule has 0 aliphatic carbocycles. The van der Waals surface area contributed by atoms with Crippen molar-refractivity contribution >= 4 is 22.6 Å². The van der Waals surface area contributed by atoms with E-state index in [9.17, 15) is 4.39 Å². The Bertz CT molecular complexity index is 677. The number of aryl methyl sites for hydroxylation is 1. The summed E-state index contributed by atoms with van der Waals surface area (Å²) in [7, 11) is 0. The van der Waals surface area contributed by atoms with Gasteiger partial charge in [-0.15, -0.1) is 0 Å². The van der Waals surface area contributed by atoms with Gasteiger partial charge in [0.15, 0.2) is 5.65 Å². The average molecular weight is 328 g/mol. The molecule has 0 spiro atoms. The summed E-state index contributed by atoms with van der Waals surface area (Å²) in [4.78, 5) is 10.3. The molecule has 120 valence electrons. The zero-order chi connectivity index (χ0) is 15.9. The maximum atomic E-state index is 14.4. The van der Waals surface area contributed by atoms with Crippen LogP contribution in [0.2, 0.25) is 5.28 Å². The van der Waals surface area contributed by atoms with Gasteiger partial charge in [0.1, 0.15) is 17.7 Å². The zero-order valence-corrected chi connectivity index (χ0v) is 13.6. The summed E-state index contributed by atoms with van der Waals surface area (Å²) in [6.07, 6.45) is -0.982. The number of nitrogens with zero attached hydrogens (tertiary/aromatic N) is 4. The van der Waals surface area contributed by atoms with Crippen molar-refractivity contribution in [3.63, 3.8) is 0 Å². The first kappa shape index (κ1) is 15.4. The van der Waals surface area contributed by atoms with Gasteiger partial charge in [0.25, 0.3) is 0 Å². The third-order valence-corrected chi connectivity index (χ3v) is 4.22. The van der Waals surface area contributed by atoms with Gasteiger partial charge in [0, 0.05) is 25.6 Å². The van der Waals surface area contributed by atoms with Crippen molar-refractivity contribution in [2.75, 3.05) is 13.1 Å². The van der Waals surface area contributed by atoms with E-state index in [1.165, 1.54) is 0 Å². The lowest BCUT2D eigenvalue weighted by molar-refractivity contribution is 0.00963. The topological polar surface area (TPSA) is 66.9 Å². The third-order valence-electron chi connectivity index (χ3n) is 4.05. The second kappa shape index (κ2) is 5.96. The number of aromatic nitrogens is 4. The summed E-state index contributed by atoms with van der Waals surface area (Å²) in [5.74, 6) is 0.298. The number of alkyl halides is 1. The van der Waals surface area contributed by atoms with Crippen molar-refractivity contribution < 1.29 is 9.13 Å². The van der Waals surface area contributed by atoms with E-state index < -0.39 is 12.3 Å². The maximum absolute atomic E-state index is 14.4. The van der Waals surface area contributed by atoms with Gasteiger partial charge in [-0.2, -0.15) is 15.1 Å². The molecular formula is C14H19ClFN5O. The Kier molecular flexibility index (Phi) is 4.18. The molecule has 1 N–H and O–H groups in total. The Morgan fingerprint density at radius 3 is 2.86 bits per heavy atom. The number of likely N-dealkylation sites (tertiary alicyclic amines) is 1. The molecule has 1 aliphatic heterocycles. The Balaban J connectivity index is 1.83. The van der Waals surface area contributed by atoms with Gasteiger partial charge in [-0.05, 0) is 32.4 Å². The molecule has 1 saturated heterocycles. The van der Waals surface area contributed by atoms with Gasteiger partial charge in [0.2, 0.25) is 11.2 Å². The highest BCUT2D eigenvalue weighted by molar-refractivity contribution is 6.28. The van der Waals surface area contributed by atoms with E-state index in [1.54, 1.807) is 0 Å². The molecule has 1 aliphatic rings. The normalized spacial score (nSPS) is 23.4. The second-order valence-corrected chi connectivity index (χ2v) is 6.22. The largest absolute Gasteiger partial charge is 0.471 e. The second-order valence-electron chi connectivity index (χ2n) is 5.88. The Labute approximate surface area is 133 Å². The smallest absolute Gasteiger partial charge is 0.229 e. The lowest BCUT2D eigenvalue weighted by Crippen LogP contribution is -2.49. The molecule has 0 saturated carbocycles. The van der Waals surface area contributed by atoms with Crippen LogP contribution in [0.3, 0.4) is 0 Å². The highest BCUT2D eigenvalue weighted by atomic mass is 35.5. The van der Waals surface area contributed by atoms with Crippen molar-refractivity contribution in [2.45, 2.75) is 45.5 Å². The quantitative estimate of drug-likeness (QED) is 0.877. The van der Waals surface area contributed by atoms with Gasteiger partial charge in [-0.3, -0.25) is 10.00 Å². The number of halogens is 2. The van der Waals surface area contributed by atoms with E-state index in [2.05, 4.69) is 38.9 Å². The number of hydrogen-bond donors (Lipinski definition) is 1. The molecule has 0 unspecified atom stereocenters. The lowest BCUT2D eigenvalue weighted by Gasteiger charge is -2.36. The van der Waals surface area contributed by atoms with E-state index in [1.807, 2.05) is 6.92 Å². The predicted molar refractivity (Wildman–Crippen MR) is 82.1 cm³/mol. The van der Waals surface area contributed by atoms with E-state index in [-0.39, 0.29) is 5.28 Å². The van der Waals surface area contributed by atoms with Crippen LogP contribution in [0.5, 0.6) is 5.88 Å². The van der Waals surface area contributed by atoms with E-state index in [0.29, 0.717) is 41.6 Å². The molecule has 0 bridgehead atoms. The summed E-state index contributed by atoms with van der Waals surface area (Å²) >= 11 is 5.90. The predicted octanol–water partition coefficient (Wildman–Crippen LogP) is 2.51. The molecule has 0 aromatic carbocycles. The van der Waals surface area contributed by atoms with Crippen LogP contribution in [-0.2, 0) is 0 Å². The van der Waals surface area contributed by atoms with Crippen LogP contribution in [0.25, 0.3) is 11.0 Å². The van der Waals surface area contributed by atoms with Crippen molar-refractivity contribution in [3.8, 4) is 5.88 Å². The first-order valence-corrected chi connectivity index (χ1v) is 7.76. The summed E-state index contributed by atoms with van der Waals surface area (Å²) in [6.45, 7) is 7.12. The number of fused-ring (bicyclic) bond motifs is 1. The first-order valence-electron chi connectivity index (χ1n) is 7.38. The number of nitrogens with one attached hydrogen (secondary N) is 1. The summed E-state index contributed by atoms with van der Waals surface area (Å²) < 4.78 is 20.2.